The molecule has 1 fully saturated rings. The zero-order valence-electron chi connectivity index (χ0n) is 20.4. The van der Waals surface area contributed by atoms with E-state index in [1.165, 1.54) is 17.4 Å². The molecule has 34 heavy (non-hydrogen) atoms. The van der Waals surface area contributed by atoms with E-state index in [0.29, 0.717) is 37.9 Å². The third kappa shape index (κ3) is 7.28. The first-order valence-electron chi connectivity index (χ1n) is 11.9. The number of aromatic nitrogens is 2. The van der Waals surface area contributed by atoms with Gasteiger partial charge in [-0.3, -0.25) is 14.4 Å². The Morgan fingerprint density at radius 1 is 1.26 bits per heavy atom. The second kappa shape index (κ2) is 12.5. The Kier molecular flexibility index (Phi) is 10.0. The number of amides is 3. The SMILES string of the molecule is CCC(C)C(NC(=O)C(N)CC(C)C)C(=O)N1CCCC1C(=O)NC(Cc1cnc[nH]1)C(=O)O. The summed E-state index contributed by atoms with van der Waals surface area (Å²) in [4.78, 5) is 59.0. The summed E-state index contributed by atoms with van der Waals surface area (Å²) in [5, 5.41) is 14.9. The van der Waals surface area contributed by atoms with Crippen LogP contribution in [0, 0.1) is 11.8 Å². The summed E-state index contributed by atoms with van der Waals surface area (Å²) >= 11 is 0. The number of carbonyl (C=O) groups excluding carboxylic acids is 3. The third-order valence-electron chi connectivity index (χ3n) is 6.27. The van der Waals surface area contributed by atoms with Crippen LogP contribution in [0.5, 0.6) is 0 Å². The van der Waals surface area contributed by atoms with E-state index in [1.807, 2.05) is 27.7 Å². The maximum Gasteiger partial charge on any atom is 0.326 e. The number of carbonyl (C=O) groups is 4. The molecule has 3 amide bonds. The minimum Gasteiger partial charge on any atom is -0.480 e. The van der Waals surface area contributed by atoms with Crippen molar-refractivity contribution in [2.24, 2.45) is 17.6 Å². The average molecular weight is 479 g/mol. The van der Waals surface area contributed by atoms with Crippen molar-refractivity contribution < 1.29 is 24.3 Å². The van der Waals surface area contributed by atoms with Crippen LogP contribution in [0.15, 0.2) is 12.5 Å². The van der Waals surface area contributed by atoms with Gasteiger partial charge >= 0.3 is 5.97 Å². The van der Waals surface area contributed by atoms with Gasteiger partial charge in [0.25, 0.3) is 0 Å². The molecular weight excluding hydrogens is 440 g/mol. The van der Waals surface area contributed by atoms with Crippen molar-refractivity contribution in [1.82, 2.24) is 25.5 Å². The monoisotopic (exact) mass is 478 g/mol. The molecule has 0 bridgehead atoms. The van der Waals surface area contributed by atoms with Gasteiger partial charge in [0.1, 0.15) is 18.1 Å². The third-order valence-corrected chi connectivity index (χ3v) is 6.27. The van der Waals surface area contributed by atoms with Crippen LogP contribution in [0.4, 0.5) is 0 Å². The average Bonchev–Trinajstić information content (AvgIpc) is 3.47. The highest BCUT2D eigenvalue weighted by Crippen LogP contribution is 2.22. The van der Waals surface area contributed by atoms with Gasteiger partial charge in [0, 0.05) is 24.9 Å². The van der Waals surface area contributed by atoms with E-state index in [9.17, 15) is 24.3 Å². The number of likely N-dealkylation sites (tertiary alicyclic amines) is 1. The van der Waals surface area contributed by atoms with E-state index in [-0.39, 0.29) is 24.2 Å². The van der Waals surface area contributed by atoms with Gasteiger partial charge < -0.3 is 31.4 Å². The van der Waals surface area contributed by atoms with Crippen molar-refractivity contribution in [3.63, 3.8) is 0 Å². The fourth-order valence-electron chi connectivity index (χ4n) is 4.12. The van der Waals surface area contributed by atoms with Gasteiger partial charge in [0.15, 0.2) is 0 Å². The molecule has 1 aromatic heterocycles. The molecule has 6 N–H and O–H groups in total. The van der Waals surface area contributed by atoms with Crippen molar-refractivity contribution in [2.75, 3.05) is 6.54 Å². The Bertz CT molecular complexity index is 843. The van der Waals surface area contributed by atoms with Gasteiger partial charge in [0.2, 0.25) is 17.7 Å². The highest BCUT2D eigenvalue weighted by Gasteiger charge is 2.40. The summed E-state index contributed by atoms with van der Waals surface area (Å²) < 4.78 is 0. The number of H-pyrrole nitrogens is 1. The summed E-state index contributed by atoms with van der Waals surface area (Å²) in [5.74, 6) is -2.38. The molecule has 190 valence electrons. The molecule has 0 saturated carbocycles. The Morgan fingerprint density at radius 2 is 1.97 bits per heavy atom. The number of aliphatic carboxylic acids is 1. The summed E-state index contributed by atoms with van der Waals surface area (Å²) in [6, 6.07) is -3.51. The molecule has 11 heteroatoms. The molecule has 1 saturated heterocycles. The lowest BCUT2D eigenvalue weighted by molar-refractivity contribution is -0.145. The quantitative estimate of drug-likeness (QED) is 0.290. The Morgan fingerprint density at radius 3 is 2.53 bits per heavy atom. The summed E-state index contributed by atoms with van der Waals surface area (Å²) in [6.07, 6.45) is 5.14. The number of nitrogens with zero attached hydrogens (tertiary/aromatic N) is 2. The molecule has 1 aromatic rings. The fourth-order valence-corrected chi connectivity index (χ4v) is 4.12. The normalized spacial score (nSPS) is 19.4. The lowest BCUT2D eigenvalue weighted by Crippen LogP contribution is -2.58. The van der Waals surface area contributed by atoms with Crippen molar-refractivity contribution in [3.05, 3.63) is 18.2 Å². The number of carboxylic acid groups (broad SMARTS) is 1. The highest BCUT2D eigenvalue weighted by atomic mass is 16.4. The largest absolute Gasteiger partial charge is 0.480 e. The van der Waals surface area contributed by atoms with Crippen LogP contribution in [-0.4, -0.2) is 74.4 Å². The topological polar surface area (TPSA) is 171 Å². The first-order chi connectivity index (χ1) is 16.0. The van der Waals surface area contributed by atoms with E-state index < -0.39 is 42.0 Å². The summed E-state index contributed by atoms with van der Waals surface area (Å²) in [5.41, 5.74) is 6.59. The van der Waals surface area contributed by atoms with E-state index >= 15 is 0 Å². The zero-order chi connectivity index (χ0) is 25.4. The first kappa shape index (κ1) is 27.3. The molecule has 1 aliphatic heterocycles. The molecule has 1 aliphatic rings. The molecular formula is C23H38N6O5. The molecule has 2 rings (SSSR count). The highest BCUT2D eigenvalue weighted by molar-refractivity contribution is 5.94. The molecule has 5 atom stereocenters. The smallest absolute Gasteiger partial charge is 0.326 e. The lowest BCUT2D eigenvalue weighted by Gasteiger charge is -2.32. The predicted octanol–water partition coefficient (Wildman–Crippen LogP) is 0.417. The van der Waals surface area contributed by atoms with Gasteiger partial charge in [-0.25, -0.2) is 9.78 Å². The van der Waals surface area contributed by atoms with Crippen LogP contribution in [0.3, 0.4) is 0 Å². The van der Waals surface area contributed by atoms with Crippen LogP contribution in [0.1, 0.15) is 59.1 Å². The minimum atomic E-state index is -1.18. The number of imidazole rings is 1. The molecule has 5 unspecified atom stereocenters. The van der Waals surface area contributed by atoms with E-state index in [0.717, 1.165) is 0 Å². The standard InChI is InChI=1S/C23H38N6O5/c1-5-14(4)19(28-20(30)16(24)9-13(2)3)22(32)29-8-6-7-18(29)21(31)27-17(23(33)34)10-15-11-25-12-26-15/h11-14,16-19H,5-10,24H2,1-4H3,(H,25,26)(H,27,31)(H,28,30)(H,33,34). The first-order valence-corrected chi connectivity index (χ1v) is 11.9. The van der Waals surface area contributed by atoms with Gasteiger partial charge in [-0.15, -0.1) is 0 Å². The van der Waals surface area contributed by atoms with Gasteiger partial charge in [-0.2, -0.15) is 0 Å². The van der Waals surface area contributed by atoms with Gasteiger partial charge in [-0.1, -0.05) is 34.1 Å². The van der Waals surface area contributed by atoms with Gasteiger partial charge in [-0.05, 0) is 31.1 Å². The molecule has 0 radical (unpaired) electrons. The minimum absolute atomic E-state index is 0.0427. The van der Waals surface area contributed by atoms with Crippen molar-refractivity contribution in [3.8, 4) is 0 Å². The summed E-state index contributed by atoms with van der Waals surface area (Å²) in [6.45, 7) is 8.08. The molecule has 0 spiro atoms. The molecule has 2 heterocycles. The number of nitrogens with one attached hydrogen (secondary N) is 3. The maximum absolute atomic E-state index is 13.5. The number of rotatable bonds is 12. The van der Waals surface area contributed by atoms with Gasteiger partial charge in [0.05, 0.1) is 12.4 Å². The molecule has 0 aromatic carbocycles. The van der Waals surface area contributed by atoms with Crippen LogP contribution >= 0.6 is 0 Å². The Hall–Kier alpha value is -2.95. The Balaban J connectivity index is 2.12. The fraction of sp³-hybridized carbons (Fsp3) is 0.696. The number of nitrogens with two attached hydrogens (primary N) is 1. The van der Waals surface area contributed by atoms with Crippen LogP contribution < -0.4 is 16.4 Å². The number of hydrogen-bond acceptors (Lipinski definition) is 6. The molecule has 11 nitrogen and oxygen atoms in total. The second-order valence-electron chi connectivity index (χ2n) is 9.48. The maximum atomic E-state index is 13.5. The Labute approximate surface area is 200 Å². The lowest BCUT2D eigenvalue weighted by atomic mass is 9.96. The summed E-state index contributed by atoms with van der Waals surface area (Å²) in [7, 11) is 0. The zero-order valence-corrected chi connectivity index (χ0v) is 20.4. The second-order valence-corrected chi connectivity index (χ2v) is 9.48. The van der Waals surface area contributed by atoms with Crippen molar-refractivity contribution in [2.45, 2.75) is 84.0 Å². The van der Waals surface area contributed by atoms with Crippen LogP contribution in [0.25, 0.3) is 0 Å². The number of carboxylic acids is 1. The molecule has 0 aliphatic carbocycles. The van der Waals surface area contributed by atoms with E-state index in [1.54, 1.807) is 0 Å². The van der Waals surface area contributed by atoms with Crippen LogP contribution in [-0.2, 0) is 25.6 Å². The van der Waals surface area contributed by atoms with E-state index in [2.05, 4.69) is 20.6 Å². The van der Waals surface area contributed by atoms with Crippen molar-refractivity contribution >= 4 is 23.7 Å². The van der Waals surface area contributed by atoms with E-state index in [4.69, 9.17) is 5.73 Å². The van der Waals surface area contributed by atoms with Crippen LogP contribution in [0.2, 0.25) is 0 Å². The van der Waals surface area contributed by atoms with Crippen molar-refractivity contribution in [1.29, 1.82) is 0 Å². The predicted molar refractivity (Wildman–Crippen MR) is 125 cm³/mol. The number of hydrogen-bond donors (Lipinski definition) is 5. The number of aromatic amines is 1.